The third-order valence-electron chi connectivity index (χ3n) is 8.98. The van der Waals surface area contributed by atoms with Gasteiger partial charge in [0.2, 0.25) is 0 Å². The van der Waals surface area contributed by atoms with Crippen molar-refractivity contribution in [2.45, 2.75) is 155 Å². The lowest BCUT2D eigenvalue weighted by Crippen LogP contribution is -2.23. The summed E-state index contributed by atoms with van der Waals surface area (Å²) in [5.41, 5.74) is 1.12. The third kappa shape index (κ3) is 27.6. The summed E-state index contributed by atoms with van der Waals surface area (Å²) in [6.45, 7) is 9.25. The van der Waals surface area contributed by atoms with E-state index in [0.717, 1.165) is 39.0 Å². The molecule has 2 amide bonds. The second-order valence-electron chi connectivity index (χ2n) is 13.8. The Morgan fingerprint density at radius 3 is 1.17 bits per heavy atom. The molecule has 1 rings (SSSR count). The molecule has 0 aliphatic carbocycles. The lowest BCUT2D eigenvalue weighted by molar-refractivity contribution is 0.154. The molecule has 0 aliphatic heterocycles. The molecule has 0 saturated heterocycles. The number of nitrogens with zero attached hydrogens (tertiary/aromatic N) is 2. The summed E-state index contributed by atoms with van der Waals surface area (Å²) in [5, 5.41) is 5.50. The van der Waals surface area contributed by atoms with Gasteiger partial charge in [0.15, 0.2) is 0 Å². The first kappa shape index (κ1) is 43.7. The van der Waals surface area contributed by atoms with Gasteiger partial charge in [0, 0.05) is 24.5 Å². The van der Waals surface area contributed by atoms with E-state index in [2.05, 4.69) is 48.4 Å². The Labute approximate surface area is 295 Å². The Bertz CT molecular complexity index is 832. The highest BCUT2D eigenvalue weighted by Gasteiger charge is 2.08. The zero-order valence-electron chi connectivity index (χ0n) is 31.6. The topological polar surface area (TPSA) is 83.1 Å². The van der Waals surface area contributed by atoms with Gasteiger partial charge in [0.25, 0.3) is 0 Å². The van der Waals surface area contributed by atoms with Crippen LogP contribution >= 0.6 is 0 Å². The number of hydrogen-bond donors (Lipinski definition) is 2. The molecule has 1 aromatic carbocycles. The Morgan fingerprint density at radius 2 is 0.812 bits per heavy atom. The predicted octanol–water partition coefficient (Wildman–Crippen LogP) is 11.3. The molecule has 0 aliphatic rings. The van der Waals surface area contributed by atoms with Gasteiger partial charge in [0.05, 0.1) is 13.2 Å². The van der Waals surface area contributed by atoms with E-state index in [0.29, 0.717) is 24.6 Å². The van der Waals surface area contributed by atoms with Gasteiger partial charge in [-0.05, 0) is 71.1 Å². The molecule has 278 valence electrons. The minimum atomic E-state index is -0.492. The summed E-state index contributed by atoms with van der Waals surface area (Å²) in [6.07, 6.45) is 27.6. The maximum atomic E-state index is 12.3. The molecule has 8 nitrogen and oxygen atoms in total. The highest BCUT2D eigenvalue weighted by molar-refractivity contribution is 5.88. The first-order valence-corrected chi connectivity index (χ1v) is 19.8. The standard InChI is InChI=1S/C40H74N4O4/c1-5-7-9-11-13-15-17-19-21-23-30-43(3)32-26-34-47-39(45)41-37-28-25-29-38(36-37)42-40(46)48-35-27-33-44(4)31-24-22-20-18-16-14-12-10-8-6-2/h25,28-29,36H,5-24,26-27,30-35H2,1-4H3,(H,41,45)(H,42,46). The average Bonchev–Trinajstić information content (AvgIpc) is 3.07. The van der Waals surface area contributed by atoms with Crippen molar-refractivity contribution in [3.8, 4) is 0 Å². The van der Waals surface area contributed by atoms with Gasteiger partial charge in [-0.1, -0.05) is 135 Å². The number of hydrogen-bond acceptors (Lipinski definition) is 6. The Kier molecular flexibility index (Phi) is 29.1. The molecule has 48 heavy (non-hydrogen) atoms. The zero-order chi connectivity index (χ0) is 34.9. The molecule has 0 fully saturated rings. The highest BCUT2D eigenvalue weighted by Crippen LogP contribution is 2.16. The maximum absolute atomic E-state index is 12.3. The second kappa shape index (κ2) is 31.9. The van der Waals surface area contributed by atoms with E-state index < -0.39 is 12.2 Å². The van der Waals surface area contributed by atoms with Crippen molar-refractivity contribution < 1.29 is 19.1 Å². The highest BCUT2D eigenvalue weighted by atomic mass is 16.6. The zero-order valence-corrected chi connectivity index (χ0v) is 31.6. The summed E-state index contributed by atoms with van der Waals surface area (Å²) in [7, 11) is 4.27. The number of rotatable bonds is 32. The summed E-state index contributed by atoms with van der Waals surface area (Å²) in [6, 6.07) is 7.00. The minimum absolute atomic E-state index is 0.368. The summed E-state index contributed by atoms with van der Waals surface area (Å²) >= 11 is 0. The smallest absolute Gasteiger partial charge is 0.411 e. The van der Waals surface area contributed by atoms with Gasteiger partial charge in [0.1, 0.15) is 0 Å². The van der Waals surface area contributed by atoms with Crippen molar-refractivity contribution in [3.63, 3.8) is 0 Å². The molecule has 0 bridgehead atoms. The van der Waals surface area contributed by atoms with Gasteiger partial charge in [-0.3, -0.25) is 10.6 Å². The molecule has 0 aromatic heterocycles. The van der Waals surface area contributed by atoms with Crippen LogP contribution in [0.4, 0.5) is 21.0 Å². The van der Waals surface area contributed by atoms with Crippen LogP contribution in [0.15, 0.2) is 24.3 Å². The first-order valence-electron chi connectivity index (χ1n) is 19.8. The molecule has 0 spiro atoms. The normalized spacial score (nSPS) is 11.3. The van der Waals surface area contributed by atoms with Crippen molar-refractivity contribution in [3.05, 3.63) is 24.3 Å². The molecule has 0 heterocycles. The quantitative estimate of drug-likeness (QED) is 0.0740. The summed E-state index contributed by atoms with van der Waals surface area (Å²) < 4.78 is 10.8. The monoisotopic (exact) mass is 675 g/mol. The van der Waals surface area contributed by atoms with E-state index in [4.69, 9.17) is 9.47 Å². The SMILES string of the molecule is CCCCCCCCCCCCN(C)CCCOC(=O)Nc1cccc(NC(=O)OCCCN(C)CCCCCCCCCCCC)c1. The van der Waals surface area contributed by atoms with Crippen LogP contribution in [0.25, 0.3) is 0 Å². The minimum Gasteiger partial charge on any atom is -0.449 e. The number of anilines is 2. The van der Waals surface area contributed by atoms with Crippen LogP contribution in [-0.4, -0.2) is 75.5 Å². The number of amides is 2. The largest absolute Gasteiger partial charge is 0.449 e. The van der Waals surface area contributed by atoms with E-state index in [-0.39, 0.29) is 0 Å². The Hall–Kier alpha value is -2.32. The maximum Gasteiger partial charge on any atom is 0.411 e. The van der Waals surface area contributed by atoms with Crippen LogP contribution in [0.1, 0.15) is 155 Å². The number of benzene rings is 1. The van der Waals surface area contributed by atoms with Crippen LogP contribution in [0.3, 0.4) is 0 Å². The van der Waals surface area contributed by atoms with Gasteiger partial charge < -0.3 is 19.3 Å². The average molecular weight is 675 g/mol. The number of unbranched alkanes of at least 4 members (excludes halogenated alkanes) is 18. The molecular formula is C40H74N4O4. The first-order chi connectivity index (χ1) is 23.4. The summed E-state index contributed by atoms with van der Waals surface area (Å²) in [5.74, 6) is 0. The van der Waals surface area contributed by atoms with E-state index >= 15 is 0 Å². The molecule has 2 N–H and O–H groups in total. The lowest BCUT2D eigenvalue weighted by Gasteiger charge is -2.16. The lowest BCUT2D eigenvalue weighted by atomic mass is 10.1. The third-order valence-corrected chi connectivity index (χ3v) is 8.98. The van der Waals surface area contributed by atoms with Crippen LogP contribution in [0.2, 0.25) is 0 Å². The fourth-order valence-corrected chi connectivity index (χ4v) is 5.94. The second-order valence-corrected chi connectivity index (χ2v) is 13.8. The number of nitrogens with one attached hydrogen (secondary N) is 2. The Morgan fingerprint density at radius 1 is 0.500 bits per heavy atom. The van der Waals surface area contributed by atoms with Gasteiger partial charge >= 0.3 is 12.2 Å². The molecule has 0 saturated carbocycles. The van der Waals surface area contributed by atoms with Gasteiger partial charge in [-0.15, -0.1) is 0 Å². The molecular weight excluding hydrogens is 600 g/mol. The van der Waals surface area contributed by atoms with Gasteiger partial charge in [-0.25, -0.2) is 9.59 Å². The van der Waals surface area contributed by atoms with Crippen molar-refractivity contribution in [1.82, 2.24) is 9.80 Å². The van der Waals surface area contributed by atoms with Crippen LogP contribution in [0.5, 0.6) is 0 Å². The fraction of sp³-hybridized carbons (Fsp3) is 0.800. The van der Waals surface area contributed by atoms with Crippen LogP contribution in [-0.2, 0) is 9.47 Å². The van der Waals surface area contributed by atoms with E-state index in [1.54, 1.807) is 24.3 Å². The summed E-state index contributed by atoms with van der Waals surface area (Å²) in [4.78, 5) is 29.2. The fourth-order valence-electron chi connectivity index (χ4n) is 5.94. The van der Waals surface area contributed by atoms with Gasteiger partial charge in [-0.2, -0.15) is 0 Å². The molecule has 0 atom stereocenters. The van der Waals surface area contributed by atoms with E-state index in [1.807, 2.05) is 0 Å². The molecule has 0 unspecified atom stereocenters. The van der Waals surface area contributed by atoms with E-state index in [9.17, 15) is 9.59 Å². The predicted molar refractivity (Wildman–Crippen MR) is 204 cm³/mol. The number of ether oxygens (including phenoxy) is 2. The van der Waals surface area contributed by atoms with Crippen molar-refractivity contribution in [2.75, 3.05) is 64.1 Å². The molecule has 0 radical (unpaired) electrons. The van der Waals surface area contributed by atoms with Crippen molar-refractivity contribution >= 4 is 23.6 Å². The van der Waals surface area contributed by atoms with Crippen LogP contribution in [0, 0.1) is 0 Å². The number of carbonyl (C=O) groups is 2. The van der Waals surface area contributed by atoms with E-state index in [1.165, 1.54) is 128 Å². The van der Waals surface area contributed by atoms with Crippen molar-refractivity contribution in [2.24, 2.45) is 0 Å². The van der Waals surface area contributed by atoms with Crippen LogP contribution < -0.4 is 10.6 Å². The number of carbonyl (C=O) groups excluding carboxylic acids is 2. The van der Waals surface area contributed by atoms with Crippen molar-refractivity contribution in [1.29, 1.82) is 0 Å². The Balaban J connectivity index is 2.05. The molecule has 1 aromatic rings. The molecule has 8 heteroatoms.